The lowest BCUT2D eigenvalue weighted by atomic mass is 9.77. The highest BCUT2D eigenvalue weighted by molar-refractivity contribution is 5.89. The largest absolute Gasteiger partial charge is 0.496 e. The third kappa shape index (κ3) is 3.30. The lowest BCUT2D eigenvalue weighted by Crippen LogP contribution is -2.51. The lowest BCUT2D eigenvalue weighted by Gasteiger charge is -2.34. The van der Waals surface area contributed by atoms with Crippen molar-refractivity contribution in [3.05, 3.63) is 29.3 Å². The molecule has 1 aromatic rings. The van der Waals surface area contributed by atoms with E-state index in [4.69, 9.17) is 4.74 Å². The number of amides is 1. The fourth-order valence-corrected chi connectivity index (χ4v) is 4.33. The SMILES string of the molecule is COc1cc(C2(C(=O)NC3CCNC(C)C3)CCCC2)ccc1C. The zero-order chi connectivity index (χ0) is 17.2. The predicted molar refractivity (Wildman–Crippen MR) is 96.5 cm³/mol. The van der Waals surface area contributed by atoms with E-state index in [1.165, 1.54) is 0 Å². The standard InChI is InChI=1S/C20H30N2O2/c1-14-6-7-16(13-18(14)24-3)20(9-4-5-10-20)19(23)22-17-8-11-21-15(2)12-17/h6-7,13,15,17,21H,4-5,8-12H2,1-3H3,(H,22,23). The molecule has 2 N–H and O–H groups in total. The van der Waals surface area contributed by atoms with Gasteiger partial charge in [0, 0.05) is 12.1 Å². The zero-order valence-electron chi connectivity index (χ0n) is 15.2. The molecule has 1 heterocycles. The zero-order valence-corrected chi connectivity index (χ0v) is 15.2. The molecule has 0 aromatic heterocycles. The number of piperidine rings is 1. The van der Waals surface area contributed by atoms with Gasteiger partial charge in [-0.05, 0) is 63.3 Å². The average molecular weight is 330 g/mol. The number of hydrogen-bond donors (Lipinski definition) is 2. The highest BCUT2D eigenvalue weighted by atomic mass is 16.5. The normalized spacial score (nSPS) is 26.1. The van der Waals surface area contributed by atoms with Crippen LogP contribution in [0.3, 0.4) is 0 Å². The number of aryl methyl sites for hydroxylation is 1. The first-order valence-electron chi connectivity index (χ1n) is 9.24. The van der Waals surface area contributed by atoms with E-state index in [0.717, 1.165) is 61.9 Å². The molecule has 3 rings (SSSR count). The summed E-state index contributed by atoms with van der Waals surface area (Å²) in [5, 5.41) is 6.81. The van der Waals surface area contributed by atoms with E-state index in [1.54, 1.807) is 7.11 Å². The van der Waals surface area contributed by atoms with Gasteiger partial charge in [0.25, 0.3) is 0 Å². The Hall–Kier alpha value is -1.55. The molecule has 1 amide bonds. The van der Waals surface area contributed by atoms with E-state index in [0.29, 0.717) is 12.1 Å². The molecule has 132 valence electrons. The fraction of sp³-hybridized carbons (Fsp3) is 0.650. The molecule has 4 heteroatoms. The third-order valence-corrected chi connectivity index (χ3v) is 5.81. The number of ether oxygens (including phenoxy) is 1. The number of methoxy groups -OCH3 is 1. The van der Waals surface area contributed by atoms with Crippen LogP contribution in [0.2, 0.25) is 0 Å². The van der Waals surface area contributed by atoms with E-state index < -0.39 is 0 Å². The van der Waals surface area contributed by atoms with Crippen LogP contribution < -0.4 is 15.4 Å². The van der Waals surface area contributed by atoms with Crippen molar-refractivity contribution < 1.29 is 9.53 Å². The number of rotatable bonds is 4. The quantitative estimate of drug-likeness (QED) is 0.892. The van der Waals surface area contributed by atoms with Crippen LogP contribution >= 0.6 is 0 Å². The van der Waals surface area contributed by atoms with Gasteiger partial charge in [-0.25, -0.2) is 0 Å². The van der Waals surface area contributed by atoms with Crippen molar-refractivity contribution >= 4 is 5.91 Å². The summed E-state index contributed by atoms with van der Waals surface area (Å²) in [5.41, 5.74) is 1.85. The van der Waals surface area contributed by atoms with Gasteiger partial charge >= 0.3 is 0 Å². The molecule has 1 saturated heterocycles. The minimum Gasteiger partial charge on any atom is -0.496 e. The van der Waals surface area contributed by atoms with Gasteiger partial charge in [0.1, 0.15) is 5.75 Å². The summed E-state index contributed by atoms with van der Waals surface area (Å²) in [7, 11) is 1.70. The number of carbonyl (C=O) groups excluding carboxylic acids is 1. The van der Waals surface area contributed by atoms with E-state index >= 15 is 0 Å². The monoisotopic (exact) mass is 330 g/mol. The van der Waals surface area contributed by atoms with Gasteiger partial charge in [-0.3, -0.25) is 4.79 Å². The Labute approximate surface area is 145 Å². The average Bonchev–Trinajstić information content (AvgIpc) is 3.06. The van der Waals surface area contributed by atoms with Gasteiger partial charge in [0.15, 0.2) is 0 Å². The van der Waals surface area contributed by atoms with Crippen LogP contribution in [-0.4, -0.2) is 31.6 Å². The summed E-state index contributed by atoms with van der Waals surface area (Å²) in [6.07, 6.45) is 6.14. The molecule has 2 fully saturated rings. The molecule has 0 radical (unpaired) electrons. The molecule has 2 atom stereocenters. The highest BCUT2D eigenvalue weighted by Gasteiger charge is 2.43. The summed E-state index contributed by atoms with van der Waals surface area (Å²) in [4.78, 5) is 13.3. The Balaban J connectivity index is 1.84. The molecule has 1 aliphatic heterocycles. The van der Waals surface area contributed by atoms with Crippen LogP contribution in [0.1, 0.15) is 56.6 Å². The Morgan fingerprint density at radius 3 is 2.75 bits per heavy atom. The second kappa shape index (κ2) is 7.14. The van der Waals surface area contributed by atoms with Crippen molar-refractivity contribution in [1.82, 2.24) is 10.6 Å². The summed E-state index contributed by atoms with van der Waals surface area (Å²) in [6.45, 7) is 5.21. The molecule has 4 nitrogen and oxygen atoms in total. The van der Waals surface area contributed by atoms with Gasteiger partial charge in [0.05, 0.1) is 12.5 Å². The first kappa shape index (κ1) is 17.3. The van der Waals surface area contributed by atoms with Gasteiger partial charge in [-0.15, -0.1) is 0 Å². The Kier molecular flexibility index (Phi) is 5.14. The van der Waals surface area contributed by atoms with Crippen molar-refractivity contribution in [3.8, 4) is 5.75 Å². The first-order valence-corrected chi connectivity index (χ1v) is 9.24. The van der Waals surface area contributed by atoms with Gasteiger partial charge in [-0.1, -0.05) is 25.0 Å². The van der Waals surface area contributed by atoms with E-state index in [-0.39, 0.29) is 11.3 Å². The summed E-state index contributed by atoms with van der Waals surface area (Å²) in [6, 6.07) is 7.04. The molecule has 24 heavy (non-hydrogen) atoms. The van der Waals surface area contributed by atoms with Crippen LogP contribution in [-0.2, 0) is 10.2 Å². The van der Waals surface area contributed by atoms with Crippen molar-refractivity contribution in [3.63, 3.8) is 0 Å². The van der Waals surface area contributed by atoms with Crippen LogP contribution in [0, 0.1) is 6.92 Å². The van der Waals surface area contributed by atoms with Crippen molar-refractivity contribution in [1.29, 1.82) is 0 Å². The van der Waals surface area contributed by atoms with E-state index in [9.17, 15) is 4.79 Å². The van der Waals surface area contributed by atoms with Crippen LogP contribution in [0.4, 0.5) is 0 Å². The van der Waals surface area contributed by atoms with E-state index in [1.807, 2.05) is 6.92 Å². The van der Waals surface area contributed by atoms with Crippen LogP contribution in [0.25, 0.3) is 0 Å². The maximum atomic E-state index is 13.3. The molecule has 2 aliphatic rings. The Morgan fingerprint density at radius 1 is 1.33 bits per heavy atom. The maximum absolute atomic E-state index is 13.3. The van der Waals surface area contributed by atoms with Gasteiger partial charge < -0.3 is 15.4 Å². The maximum Gasteiger partial charge on any atom is 0.230 e. The smallest absolute Gasteiger partial charge is 0.230 e. The number of nitrogens with one attached hydrogen (secondary N) is 2. The Morgan fingerprint density at radius 2 is 2.08 bits per heavy atom. The van der Waals surface area contributed by atoms with Gasteiger partial charge in [-0.2, -0.15) is 0 Å². The van der Waals surface area contributed by atoms with Crippen molar-refractivity contribution in [2.24, 2.45) is 0 Å². The second-order valence-corrected chi connectivity index (χ2v) is 7.52. The lowest BCUT2D eigenvalue weighted by molar-refractivity contribution is -0.127. The minimum atomic E-state index is -0.380. The van der Waals surface area contributed by atoms with Crippen molar-refractivity contribution in [2.45, 2.75) is 69.9 Å². The molecule has 1 aliphatic carbocycles. The molecule has 2 unspecified atom stereocenters. The fourth-order valence-electron chi connectivity index (χ4n) is 4.33. The summed E-state index contributed by atoms with van der Waals surface area (Å²) in [5.74, 6) is 1.09. The Bertz CT molecular complexity index is 593. The number of benzene rings is 1. The molecular formula is C20H30N2O2. The van der Waals surface area contributed by atoms with E-state index in [2.05, 4.69) is 35.8 Å². The van der Waals surface area contributed by atoms with Crippen LogP contribution in [0.5, 0.6) is 5.75 Å². The first-order chi connectivity index (χ1) is 11.5. The molecule has 1 saturated carbocycles. The minimum absolute atomic E-state index is 0.213. The number of hydrogen-bond acceptors (Lipinski definition) is 3. The van der Waals surface area contributed by atoms with Gasteiger partial charge in [0.2, 0.25) is 5.91 Å². The highest BCUT2D eigenvalue weighted by Crippen LogP contribution is 2.43. The van der Waals surface area contributed by atoms with Crippen LogP contribution in [0.15, 0.2) is 18.2 Å². The topological polar surface area (TPSA) is 50.4 Å². The number of carbonyl (C=O) groups is 1. The molecule has 0 spiro atoms. The third-order valence-electron chi connectivity index (χ3n) is 5.81. The molecular weight excluding hydrogens is 300 g/mol. The van der Waals surface area contributed by atoms with Crippen molar-refractivity contribution in [2.75, 3.05) is 13.7 Å². The summed E-state index contributed by atoms with van der Waals surface area (Å²) < 4.78 is 5.49. The molecule has 0 bridgehead atoms. The summed E-state index contributed by atoms with van der Waals surface area (Å²) >= 11 is 0. The predicted octanol–water partition coefficient (Wildman–Crippen LogP) is 3.07. The molecule has 1 aromatic carbocycles. The second-order valence-electron chi connectivity index (χ2n) is 7.52.